The molecule has 1 amide bonds. The summed E-state index contributed by atoms with van der Waals surface area (Å²) in [5.74, 6) is -0.293. The van der Waals surface area contributed by atoms with Crippen LogP contribution in [0.25, 0.3) is 0 Å². The number of hydrogen-bond acceptors (Lipinski definition) is 18. The predicted molar refractivity (Wildman–Crippen MR) is 369 cm³/mol. The molecule has 3 fully saturated rings. The van der Waals surface area contributed by atoms with Crippen molar-refractivity contribution in [1.82, 2.24) is 5.32 Å². The largest absolute Gasteiger partial charge is 0.394 e. The highest BCUT2D eigenvalue weighted by molar-refractivity contribution is 5.76. The highest BCUT2D eigenvalue weighted by Gasteiger charge is 2.53. The molecule has 17 unspecified atom stereocenters. The molecule has 12 N–H and O–H groups in total. The summed E-state index contributed by atoms with van der Waals surface area (Å²) in [7, 11) is 0. The minimum atomic E-state index is -1.99. The maximum atomic E-state index is 13.4. The zero-order valence-corrected chi connectivity index (χ0v) is 57.1. The maximum absolute atomic E-state index is 13.4. The first kappa shape index (κ1) is 84.7. The molecule has 3 rings (SSSR count). The summed E-state index contributed by atoms with van der Waals surface area (Å²) >= 11 is 0. The number of carbonyl (C=O) groups excluding carboxylic acids is 1. The van der Waals surface area contributed by atoms with Gasteiger partial charge in [-0.1, -0.05) is 239 Å². The van der Waals surface area contributed by atoms with Gasteiger partial charge in [0.25, 0.3) is 0 Å². The van der Waals surface area contributed by atoms with Crippen molar-refractivity contribution >= 4 is 5.91 Å². The Morgan fingerprint density at radius 2 is 0.745 bits per heavy atom. The van der Waals surface area contributed by atoms with E-state index in [0.717, 1.165) is 83.5 Å². The Bertz CT molecular complexity index is 2130. The Labute approximate surface area is 564 Å². The van der Waals surface area contributed by atoms with Gasteiger partial charge in [-0.15, -0.1) is 0 Å². The Morgan fingerprint density at radius 1 is 0.394 bits per heavy atom. The number of ether oxygens (including phenoxy) is 6. The van der Waals surface area contributed by atoms with Crippen molar-refractivity contribution in [3.63, 3.8) is 0 Å². The third-order valence-electron chi connectivity index (χ3n) is 17.3. The summed E-state index contributed by atoms with van der Waals surface area (Å²) in [6.45, 7) is 1.52. The quantitative estimate of drug-likeness (QED) is 0.0199. The number of nitrogens with one attached hydrogen (secondary N) is 1. The summed E-state index contributed by atoms with van der Waals surface area (Å²) in [4.78, 5) is 13.4. The molecule has 0 aliphatic carbocycles. The molecule has 0 aromatic heterocycles. The number of allylic oxidation sites excluding steroid dienone is 17. The molecule has 3 aliphatic rings. The van der Waals surface area contributed by atoms with Crippen molar-refractivity contribution < 1.29 is 89.4 Å². The van der Waals surface area contributed by atoms with Gasteiger partial charge in [-0.3, -0.25) is 4.79 Å². The first-order chi connectivity index (χ1) is 45.8. The Morgan fingerprint density at radius 3 is 1.19 bits per heavy atom. The number of unbranched alkanes of at least 4 members (excludes halogenated alkanes) is 22. The molecule has 540 valence electrons. The number of aliphatic hydroxyl groups excluding tert-OH is 11. The van der Waals surface area contributed by atoms with E-state index in [0.29, 0.717) is 12.8 Å². The van der Waals surface area contributed by atoms with E-state index in [9.17, 15) is 61.0 Å². The topological polar surface area (TPSA) is 307 Å². The fourth-order valence-electron chi connectivity index (χ4n) is 11.4. The number of hydrogen-bond donors (Lipinski definition) is 12. The summed E-state index contributed by atoms with van der Waals surface area (Å²) in [5.41, 5.74) is 0. The van der Waals surface area contributed by atoms with Crippen LogP contribution in [0.4, 0.5) is 0 Å². The summed E-state index contributed by atoms with van der Waals surface area (Å²) in [5, 5.41) is 120. The van der Waals surface area contributed by atoms with Crippen molar-refractivity contribution in [3.8, 4) is 0 Å². The first-order valence-corrected chi connectivity index (χ1v) is 36.1. The third kappa shape index (κ3) is 36.3. The zero-order valence-electron chi connectivity index (χ0n) is 57.1. The van der Waals surface area contributed by atoms with Crippen LogP contribution in [0.15, 0.2) is 109 Å². The minimum Gasteiger partial charge on any atom is -0.394 e. The number of rotatable bonds is 54. The van der Waals surface area contributed by atoms with Gasteiger partial charge in [0.2, 0.25) is 5.91 Å². The molecule has 0 aromatic rings. The van der Waals surface area contributed by atoms with Crippen LogP contribution in [0.3, 0.4) is 0 Å². The molecular formula is C75H127NO18. The molecule has 17 atom stereocenters. The fourth-order valence-corrected chi connectivity index (χ4v) is 11.4. The molecule has 0 spiro atoms. The standard InChI is InChI=1S/C75H127NO18/c1-3-5-7-9-11-13-15-17-18-19-20-21-22-23-24-25-26-27-28-29-30-31-32-33-34-35-36-37-38-39-40-41-43-45-47-49-51-53-63(81)76-58(59(80)52-50-48-46-44-42-16-14-12-10-8-6-4-2)57-89-73-69(87)66(84)71(61(55-78)91-73)94-75-70(88)67(85)72(62(56-79)92-75)93-74-68(86)65(83)64(82)60(54-77)90-74/h5,7,10-13,17-18,20-21,23-24,26-27,42,44,50,52,58-62,64-75,77-80,82-88H,3-4,6,8-9,14-16,19,22,25,28-41,43,45-49,51,53-57H2,1-2H3,(H,76,81)/b7-5-,12-10+,13-11-,18-17-,21-20-,24-23-,27-26-,44-42+,52-50+. The van der Waals surface area contributed by atoms with E-state index in [1.807, 2.05) is 6.08 Å². The molecule has 3 heterocycles. The monoisotopic (exact) mass is 1330 g/mol. The minimum absolute atomic E-state index is 0.228. The third-order valence-corrected chi connectivity index (χ3v) is 17.3. The molecule has 19 nitrogen and oxygen atoms in total. The predicted octanol–water partition coefficient (Wildman–Crippen LogP) is 10.2. The smallest absolute Gasteiger partial charge is 0.220 e. The van der Waals surface area contributed by atoms with Crippen molar-refractivity contribution in [2.24, 2.45) is 0 Å². The lowest BCUT2D eigenvalue weighted by atomic mass is 9.96. The van der Waals surface area contributed by atoms with Crippen LogP contribution in [0.5, 0.6) is 0 Å². The van der Waals surface area contributed by atoms with Crippen LogP contribution in [0.2, 0.25) is 0 Å². The van der Waals surface area contributed by atoms with Crippen LogP contribution in [0.1, 0.15) is 226 Å². The van der Waals surface area contributed by atoms with Gasteiger partial charge in [-0.05, 0) is 89.9 Å². The fraction of sp³-hybridized carbons (Fsp3) is 0.747. The number of carbonyl (C=O) groups is 1. The first-order valence-electron chi connectivity index (χ1n) is 36.1. The van der Waals surface area contributed by atoms with Crippen molar-refractivity contribution in [2.75, 3.05) is 26.4 Å². The molecule has 0 radical (unpaired) electrons. The lowest BCUT2D eigenvalue weighted by Crippen LogP contribution is -2.66. The molecule has 94 heavy (non-hydrogen) atoms. The van der Waals surface area contributed by atoms with E-state index in [1.165, 1.54) is 109 Å². The molecule has 19 heteroatoms. The molecule has 0 saturated carbocycles. The van der Waals surface area contributed by atoms with E-state index in [-0.39, 0.29) is 18.9 Å². The highest BCUT2D eigenvalue weighted by atomic mass is 16.8. The average molecular weight is 1330 g/mol. The van der Waals surface area contributed by atoms with E-state index in [1.54, 1.807) is 6.08 Å². The van der Waals surface area contributed by atoms with E-state index < -0.39 is 124 Å². The van der Waals surface area contributed by atoms with Crippen LogP contribution >= 0.6 is 0 Å². The molecule has 3 aliphatic heterocycles. The second kappa shape index (κ2) is 55.3. The number of amides is 1. The Balaban J connectivity index is 1.32. The van der Waals surface area contributed by atoms with Gasteiger partial charge < -0.3 is 89.9 Å². The van der Waals surface area contributed by atoms with Crippen LogP contribution < -0.4 is 5.32 Å². The van der Waals surface area contributed by atoms with E-state index >= 15 is 0 Å². The average Bonchev–Trinajstić information content (AvgIpc) is 0.794. The SMILES string of the molecule is CC/C=C\C/C=C\C/C=C\C/C=C\C/C=C\C/C=C\CCCCCCCCCCCCCCCCCCCCC(=O)NC(COC1OC(CO)C(OC2OC(CO)C(OC3OC(CO)C(O)C(O)C3O)C(O)C2O)C(O)C1O)C(O)/C=C/CC/C=C/CC/C=C/CCCC. The highest BCUT2D eigenvalue weighted by Crippen LogP contribution is 2.33. The lowest BCUT2D eigenvalue weighted by Gasteiger charge is -2.48. The van der Waals surface area contributed by atoms with E-state index in [2.05, 4.69) is 116 Å². The molecule has 0 bridgehead atoms. The van der Waals surface area contributed by atoms with Gasteiger partial charge in [-0.25, -0.2) is 0 Å². The van der Waals surface area contributed by atoms with Gasteiger partial charge in [0.1, 0.15) is 73.2 Å². The van der Waals surface area contributed by atoms with Gasteiger partial charge in [-0.2, -0.15) is 0 Å². The van der Waals surface area contributed by atoms with Crippen molar-refractivity contribution in [3.05, 3.63) is 109 Å². The molecule has 3 saturated heterocycles. The van der Waals surface area contributed by atoms with Gasteiger partial charge in [0.15, 0.2) is 18.9 Å². The normalized spacial score (nSPS) is 28.0. The van der Waals surface area contributed by atoms with Crippen LogP contribution in [0, 0.1) is 0 Å². The van der Waals surface area contributed by atoms with Crippen LogP contribution in [-0.2, 0) is 33.2 Å². The second-order valence-corrected chi connectivity index (χ2v) is 25.3. The zero-order chi connectivity index (χ0) is 68.2. The summed E-state index contributed by atoms with van der Waals surface area (Å²) in [6.07, 6.45) is 48.1. The summed E-state index contributed by atoms with van der Waals surface area (Å²) < 4.78 is 34.3. The molecule has 0 aromatic carbocycles. The van der Waals surface area contributed by atoms with E-state index in [4.69, 9.17) is 28.4 Å². The summed E-state index contributed by atoms with van der Waals surface area (Å²) in [6, 6.07) is -1.000. The van der Waals surface area contributed by atoms with Gasteiger partial charge in [0, 0.05) is 6.42 Å². The lowest BCUT2D eigenvalue weighted by molar-refractivity contribution is -0.379. The van der Waals surface area contributed by atoms with Gasteiger partial charge in [0.05, 0.1) is 38.6 Å². The Kier molecular flexibility index (Phi) is 49.9. The Hall–Kier alpha value is -3.55. The van der Waals surface area contributed by atoms with Gasteiger partial charge >= 0.3 is 0 Å². The molecular weight excluding hydrogens is 1200 g/mol. The maximum Gasteiger partial charge on any atom is 0.220 e. The van der Waals surface area contributed by atoms with Crippen LogP contribution in [-0.4, -0.2) is 193 Å². The van der Waals surface area contributed by atoms with Crippen molar-refractivity contribution in [2.45, 2.75) is 330 Å². The second-order valence-electron chi connectivity index (χ2n) is 25.3. The van der Waals surface area contributed by atoms with Crippen molar-refractivity contribution in [1.29, 1.82) is 0 Å². The number of aliphatic hydroxyl groups is 11.